The Balaban J connectivity index is 2.01. The number of ether oxygens (including phenoxy) is 2. The minimum absolute atomic E-state index is 0.0738. The highest BCUT2D eigenvalue weighted by molar-refractivity contribution is 6.10. The summed E-state index contributed by atoms with van der Waals surface area (Å²) in [6.07, 6.45) is -6.67. The summed E-state index contributed by atoms with van der Waals surface area (Å²) in [4.78, 5) is 23.8. The fourth-order valence-corrected chi connectivity index (χ4v) is 2.35. The lowest BCUT2D eigenvalue weighted by atomic mass is 10.1. The molecule has 0 aliphatic heterocycles. The van der Waals surface area contributed by atoms with Crippen LogP contribution in [0.25, 0.3) is 12.2 Å². The van der Waals surface area contributed by atoms with Gasteiger partial charge in [0, 0.05) is 0 Å². The second-order valence-corrected chi connectivity index (χ2v) is 6.33. The van der Waals surface area contributed by atoms with Gasteiger partial charge in [-0.1, -0.05) is 24.3 Å². The highest BCUT2D eigenvalue weighted by atomic mass is 19.4. The molecule has 2 rings (SSSR count). The first-order valence-corrected chi connectivity index (χ1v) is 8.81. The van der Waals surface area contributed by atoms with E-state index in [1.807, 2.05) is 0 Å². The second kappa shape index (κ2) is 10.1. The Morgan fingerprint density at radius 3 is 1.42 bits per heavy atom. The Morgan fingerprint density at radius 2 is 1.09 bits per heavy atom. The molecule has 0 amide bonds. The van der Waals surface area contributed by atoms with Crippen molar-refractivity contribution in [3.05, 3.63) is 59.7 Å². The quantitative estimate of drug-likeness (QED) is 0.311. The van der Waals surface area contributed by atoms with Gasteiger partial charge in [-0.3, -0.25) is 9.59 Å². The fourth-order valence-electron chi connectivity index (χ4n) is 2.35. The number of aromatic hydroxyl groups is 2. The lowest BCUT2D eigenvalue weighted by Gasteiger charge is -2.10. The molecule has 0 aromatic heterocycles. The van der Waals surface area contributed by atoms with Gasteiger partial charge in [-0.15, -0.1) is 26.3 Å². The molecule has 0 radical (unpaired) electrons. The van der Waals surface area contributed by atoms with E-state index in [1.54, 1.807) is 0 Å². The van der Waals surface area contributed by atoms with Crippen molar-refractivity contribution in [3.63, 3.8) is 0 Å². The van der Waals surface area contributed by atoms with Crippen LogP contribution in [0.15, 0.2) is 48.6 Å². The summed E-state index contributed by atoms with van der Waals surface area (Å²) in [6.45, 7) is 0. The van der Waals surface area contributed by atoms with Gasteiger partial charge in [-0.25, -0.2) is 0 Å². The van der Waals surface area contributed by atoms with E-state index < -0.39 is 53.7 Å². The molecule has 0 aliphatic rings. The van der Waals surface area contributed by atoms with Crippen LogP contribution in [0.1, 0.15) is 17.5 Å². The van der Waals surface area contributed by atoms with Crippen LogP contribution < -0.4 is 9.47 Å². The second-order valence-electron chi connectivity index (χ2n) is 6.33. The van der Waals surface area contributed by atoms with Crippen LogP contribution in [-0.2, 0) is 9.59 Å². The van der Waals surface area contributed by atoms with E-state index in [9.17, 15) is 46.1 Å². The van der Waals surface area contributed by atoms with Crippen LogP contribution in [0, 0.1) is 0 Å². The third kappa shape index (κ3) is 8.97. The van der Waals surface area contributed by atoms with Crippen LogP contribution in [0.4, 0.5) is 26.3 Å². The normalized spacial score (nSPS) is 12.3. The number of carbonyl (C=O) groups excluding carboxylic acids is 2. The van der Waals surface area contributed by atoms with Gasteiger partial charge in [0.25, 0.3) is 0 Å². The largest absolute Gasteiger partial charge is 0.573 e. The number of hydrogen-bond donors (Lipinski definition) is 2. The lowest BCUT2D eigenvalue weighted by Crippen LogP contribution is -2.17. The SMILES string of the molecule is O=C(/C=C/c1ccc(O)c(OC(F)(F)F)c1)CC(=O)/C=C/c1ccc(O)c(OC(F)(F)F)c1. The number of phenols is 2. The Kier molecular flexibility index (Phi) is 7.75. The average molecular weight is 476 g/mol. The maximum absolute atomic E-state index is 12.3. The number of alkyl halides is 6. The van der Waals surface area contributed by atoms with Crippen molar-refractivity contribution in [1.82, 2.24) is 0 Å². The highest BCUT2D eigenvalue weighted by Gasteiger charge is 2.33. The van der Waals surface area contributed by atoms with Gasteiger partial charge in [0.2, 0.25) is 0 Å². The van der Waals surface area contributed by atoms with Crippen LogP contribution in [0.2, 0.25) is 0 Å². The molecule has 2 aromatic carbocycles. The maximum Gasteiger partial charge on any atom is 0.573 e. The van der Waals surface area contributed by atoms with Crippen LogP contribution in [0.3, 0.4) is 0 Å². The van der Waals surface area contributed by atoms with Crippen LogP contribution in [-0.4, -0.2) is 34.5 Å². The molecule has 0 saturated carbocycles. The van der Waals surface area contributed by atoms with E-state index in [1.165, 1.54) is 12.1 Å². The zero-order valence-corrected chi connectivity index (χ0v) is 16.3. The number of rotatable bonds is 8. The van der Waals surface area contributed by atoms with Crippen molar-refractivity contribution in [1.29, 1.82) is 0 Å². The number of halogens is 6. The monoisotopic (exact) mass is 476 g/mol. The third-order valence-corrected chi connectivity index (χ3v) is 3.69. The Hall–Kier alpha value is -3.96. The molecule has 12 heteroatoms. The number of allylic oxidation sites excluding steroid dienone is 2. The zero-order valence-electron chi connectivity index (χ0n) is 16.3. The number of hydrogen-bond acceptors (Lipinski definition) is 6. The Labute approximate surface area is 182 Å². The molecule has 2 N–H and O–H groups in total. The van der Waals surface area contributed by atoms with Crippen LogP contribution in [0.5, 0.6) is 23.0 Å². The summed E-state index contributed by atoms with van der Waals surface area (Å²) in [5.74, 6) is -4.73. The molecule has 33 heavy (non-hydrogen) atoms. The summed E-state index contributed by atoms with van der Waals surface area (Å²) in [5.41, 5.74) is 0.148. The van der Waals surface area contributed by atoms with Gasteiger partial charge in [0.05, 0.1) is 6.42 Å². The first-order chi connectivity index (χ1) is 15.2. The third-order valence-electron chi connectivity index (χ3n) is 3.69. The molecule has 0 saturated heterocycles. The molecular formula is C21H14F6O6. The molecule has 0 bridgehead atoms. The summed E-state index contributed by atoms with van der Waals surface area (Å²) in [7, 11) is 0. The summed E-state index contributed by atoms with van der Waals surface area (Å²) in [5, 5.41) is 18.8. The van der Waals surface area contributed by atoms with E-state index in [0.717, 1.165) is 48.6 Å². The van der Waals surface area contributed by atoms with Crippen LogP contribution >= 0.6 is 0 Å². The fraction of sp³-hybridized carbons (Fsp3) is 0.143. The van der Waals surface area contributed by atoms with Crippen molar-refractivity contribution in [2.24, 2.45) is 0 Å². The van der Waals surface area contributed by atoms with Crippen molar-refractivity contribution >= 4 is 23.7 Å². The molecule has 176 valence electrons. The Morgan fingerprint density at radius 1 is 0.727 bits per heavy atom. The number of benzene rings is 2. The van der Waals surface area contributed by atoms with Gasteiger partial charge in [-0.2, -0.15) is 0 Å². The van der Waals surface area contributed by atoms with Gasteiger partial charge in [-0.05, 0) is 47.5 Å². The van der Waals surface area contributed by atoms with Gasteiger partial charge in [0.15, 0.2) is 34.6 Å². The molecule has 0 unspecified atom stereocenters. The first-order valence-electron chi connectivity index (χ1n) is 8.81. The van der Waals surface area contributed by atoms with E-state index in [-0.39, 0.29) is 11.1 Å². The molecular weight excluding hydrogens is 462 g/mol. The van der Waals surface area contributed by atoms with E-state index in [4.69, 9.17) is 0 Å². The zero-order chi connectivity index (χ0) is 24.8. The van der Waals surface area contributed by atoms with E-state index in [2.05, 4.69) is 9.47 Å². The van der Waals surface area contributed by atoms with Crippen molar-refractivity contribution in [2.45, 2.75) is 19.1 Å². The number of phenolic OH excluding ortho intramolecular Hbond substituents is 2. The minimum atomic E-state index is -5.04. The summed E-state index contributed by atoms with van der Waals surface area (Å²) >= 11 is 0. The molecule has 0 spiro atoms. The molecule has 6 nitrogen and oxygen atoms in total. The molecule has 0 aliphatic carbocycles. The van der Waals surface area contributed by atoms with Crippen molar-refractivity contribution < 1.29 is 55.6 Å². The van der Waals surface area contributed by atoms with E-state index >= 15 is 0 Å². The number of carbonyl (C=O) groups is 2. The molecule has 0 atom stereocenters. The first kappa shape index (κ1) is 25.3. The minimum Gasteiger partial charge on any atom is -0.504 e. The lowest BCUT2D eigenvalue weighted by molar-refractivity contribution is -0.276. The molecule has 0 heterocycles. The van der Waals surface area contributed by atoms with Gasteiger partial charge >= 0.3 is 12.7 Å². The van der Waals surface area contributed by atoms with E-state index in [0.29, 0.717) is 0 Å². The smallest absolute Gasteiger partial charge is 0.504 e. The van der Waals surface area contributed by atoms with Crippen molar-refractivity contribution in [2.75, 3.05) is 0 Å². The summed E-state index contributed by atoms with van der Waals surface area (Å²) < 4.78 is 81.1. The van der Waals surface area contributed by atoms with Gasteiger partial charge < -0.3 is 19.7 Å². The maximum atomic E-state index is 12.3. The average Bonchev–Trinajstić information content (AvgIpc) is 2.67. The van der Waals surface area contributed by atoms with Gasteiger partial charge in [0.1, 0.15) is 0 Å². The molecule has 2 aromatic rings. The predicted octanol–water partition coefficient (Wildman–Crippen LogP) is 5.15. The molecule has 0 fully saturated rings. The predicted molar refractivity (Wildman–Crippen MR) is 102 cm³/mol. The standard InChI is InChI=1S/C21H14F6O6/c22-20(23,24)32-18-9-12(3-7-16(18)30)1-5-14(28)11-15(29)6-2-13-4-8-17(31)19(10-13)33-21(25,26)27/h1-10,30-31H,11H2/b5-1+,6-2+. The Bertz CT molecular complexity index is 1000. The number of ketones is 2. The summed E-state index contributed by atoms with van der Waals surface area (Å²) in [6, 6.07) is 5.92. The topological polar surface area (TPSA) is 93.1 Å². The van der Waals surface area contributed by atoms with Crippen molar-refractivity contribution in [3.8, 4) is 23.0 Å². The highest BCUT2D eigenvalue weighted by Crippen LogP contribution is 2.33.